The number of rotatable bonds is 8. The van der Waals surface area contributed by atoms with Gasteiger partial charge in [-0.25, -0.2) is 4.79 Å². The van der Waals surface area contributed by atoms with Gasteiger partial charge in [0.15, 0.2) is 0 Å². The first-order valence-electron chi connectivity index (χ1n) is 9.33. The zero-order valence-corrected chi connectivity index (χ0v) is 17.3. The summed E-state index contributed by atoms with van der Waals surface area (Å²) in [6.45, 7) is 9.48. The third kappa shape index (κ3) is 6.13. The molecule has 30 heavy (non-hydrogen) atoms. The van der Waals surface area contributed by atoms with Crippen molar-refractivity contribution >= 4 is 0 Å². The number of phenols is 1. The number of nitrogens with one attached hydrogen (secondary N) is 1. The van der Waals surface area contributed by atoms with E-state index in [4.69, 9.17) is 4.74 Å². The largest absolute Gasteiger partial charge is 0.508 e. The minimum atomic E-state index is -0.660. The number of aromatic hydroxyl groups is 2. The number of benzene rings is 1. The number of aromatic amines is 1. The fraction of sp³-hybridized carbons (Fsp3) is 0.217. The van der Waals surface area contributed by atoms with Crippen LogP contribution in [-0.4, -0.2) is 26.4 Å². The van der Waals surface area contributed by atoms with Crippen molar-refractivity contribution in [3.8, 4) is 17.4 Å². The highest BCUT2D eigenvalue weighted by Gasteiger charge is 2.08. The standard InChI is InChI=1S/C23H26N2O5/c1-15(9-6-12-25-22(28)18(4)21(27)24-23(25)29)7-5-8-16(2)14-30-19-11-10-17(3)20(26)13-19/h5-11,13,26,28H,2,12,14H2,1,3-4H3,(H,24,27,29). The Kier molecular flexibility index (Phi) is 7.63. The third-order valence-corrected chi connectivity index (χ3v) is 4.36. The van der Waals surface area contributed by atoms with E-state index in [1.165, 1.54) is 6.92 Å². The Labute approximate surface area is 174 Å². The van der Waals surface area contributed by atoms with Gasteiger partial charge >= 0.3 is 5.69 Å². The highest BCUT2D eigenvalue weighted by Crippen LogP contribution is 2.22. The van der Waals surface area contributed by atoms with Crippen molar-refractivity contribution in [2.75, 3.05) is 6.61 Å². The van der Waals surface area contributed by atoms with Gasteiger partial charge in [-0.05, 0) is 38.0 Å². The van der Waals surface area contributed by atoms with E-state index in [0.717, 1.165) is 21.3 Å². The second-order valence-corrected chi connectivity index (χ2v) is 6.89. The van der Waals surface area contributed by atoms with E-state index in [1.807, 2.05) is 32.1 Å². The number of allylic oxidation sites excluding steroid dienone is 5. The van der Waals surface area contributed by atoms with Crippen molar-refractivity contribution in [1.29, 1.82) is 0 Å². The molecular weight excluding hydrogens is 384 g/mol. The molecule has 2 rings (SSSR count). The van der Waals surface area contributed by atoms with Crippen LogP contribution in [0.4, 0.5) is 0 Å². The molecule has 1 aromatic carbocycles. The van der Waals surface area contributed by atoms with Crippen molar-refractivity contribution in [3.63, 3.8) is 0 Å². The van der Waals surface area contributed by atoms with Crippen LogP contribution in [0.15, 0.2) is 75.9 Å². The molecule has 3 N–H and O–H groups in total. The Bertz CT molecular complexity index is 1130. The van der Waals surface area contributed by atoms with Crippen LogP contribution in [-0.2, 0) is 6.54 Å². The van der Waals surface area contributed by atoms with Gasteiger partial charge in [-0.2, -0.15) is 0 Å². The van der Waals surface area contributed by atoms with Gasteiger partial charge in [0.2, 0.25) is 5.88 Å². The van der Waals surface area contributed by atoms with Crippen LogP contribution < -0.4 is 16.0 Å². The van der Waals surface area contributed by atoms with Gasteiger partial charge in [-0.1, -0.05) is 48.6 Å². The summed E-state index contributed by atoms with van der Waals surface area (Å²) >= 11 is 0. The lowest BCUT2D eigenvalue weighted by molar-refractivity contribution is 0.352. The molecule has 0 radical (unpaired) electrons. The molecule has 1 aromatic heterocycles. The molecule has 7 heteroatoms. The molecule has 0 aliphatic heterocycles. The van der Waals surface area contributed by atoms with E-state index < -0.39 is 11.2 Å². The van der Waals surface area contributed by atoms with E-state index in [0.29, 0.717) is 5.75 Å². The summed E-state index contributed by atoms with van der Waals surface area (Å²) < 4.78 is 6.67. The lowest BCUT2D eigenvalue weighted by atomic mass is 10.2. The Morgan fingerprint density at radius 2 is 1.97 bits per heavy atom. The molecule has 0 unspecified atom stereocenters. The predicted molar refractivity (Wildman–Crippen MR) is 117 cm³/mol. The SMILES string of the molecule is C=C(C=CC=C(C)C=CCn1c(O)c(C)c(=O)[nH]c1=O)COc1ccc(C)c(O)c1. The normalized spacial score (nSPS) is 12.0. The van der Waals surface area contributed by atoms with Gasteiger partial charge in [0.05, 0.1) is 5.56 Å². The Balaban J connectivity index is 1.90. The molecule has 7 nitrogen and oxygen atoms in total. The van der Waals surface area contributed by atoms with Crippen molar-refractivity contribution < 1.29 is 14.9 Å². The lowest BCUT2D eigenvalue weighted by Gasteiger charge is -2.07. The molecule has 0 bridgehead atoms. The van der Waals surface area contributed by atoms with Gasteiger partial charge in [-0.3, -0.25) is 14.3 Å². The average Bonchev–Trinajstić information content (AvgIpc) is 2.69. The first kappa shape index (κ1) is 22.5. The molecule has 0 saturated carbocycles. The van der Waals surface area contributed by atoms with Crippen molar-refractivity contribution in [3.05, 3.63) is 98.3 Å². The van der Waals surface area contributed by atoms with E-state index in [9.17, 15) is 19.8 Å². The lowest BCUT2D eigenvalue weighted by Crippen LogP contribution is -2.31. The second kappa shape index (κ2) is 10.2. The number of ether oxygens (including phenoxy) is 1. The number of aromatic nitrogens is 2. The molecule has 0 atom stereocenters. The van der Waals surface area contributed by atoms with Gasteiger partial charge in [0, 0.05) is 12.6 Å². The quantitative estimate of drug-likeness (QED) is 0.580. The minimum absolute atomic E-state index is 0.0970. The molecule has 0 fully saturated rings. The summed E-state index contributed by atoms with van der Waals surface area (Å²) in [5, 5.41) is 19.6. The van der Waals surface area contributed by atoms with Crippen LogP contribution in [0.1, 0.15) is 18.1 Å². The van der Waals surface area contributed by atoms with Crippen LogP contribution >= 0.6 is 0 Å². The molecule has 0 saturated heterocycles. The average molecular weight is 410 g/mol. The van der Waals surface area contributed by atoms with E-state index in [2.05, 4.69) is 11.6 Å². The van der Waals surface area contributed by atoms with Crippen molar-refractivity contribution in [2.45, 2.75) is 27.3 Å². The maximum Gasteiger partial charge on any atom is 0.331 e. The molecule has 1 heterocycles. The first-order chi connectivity index (χ1) is 14.2. The Morgan fingerprint density at radius 3 is 2.67 bits per heavy atom. The second-order valence-electron chi connectivity index (χ2n) is 6.89. The van der Waals surface area contributed by atoms with Crippen LogP contribution in [0.25, 0.3) is 0 Å². The summed E-state index contributed by atoms with van der Waals surface area (Å²) in [6.07, 6.45) is 9.00. The van der Waals surface area contributed by atoms with Gasteiger partial charge in [-0.15, -0.1) is 0 Å². The van der Waals surface area contributed by atoms with Crippen LogP contribution in [0.5, 0.6) is 17.4 Å². The van der Waals surface area contributed by atoms with Crippen molar-refractivity contribution in [1.82, 2.24) is 9.55 Å². The monoisotopic (exact) mass is 410 g/mol. The molecular formula is C23H26N2O5. The topological polar surface area (TPSA) is 105 Å². The van der Waals surface area contributed by atoms with E-state index in [1.54, 1.807) is 30.4 Å². The summed E-state index contributed by atoms with van der Waals surface area (Å²) in [4.78, 5) is 25.4. The molecule has 2 aromatic rings. The third-order valence-electron chi connectivity index (χ3n) is 4.36. The molecule has 158 valence electrons. The summed E-state index contributed by atoms with van der Waals surface area (Å²) in [6, 6.07) is 5.13. The van der Waals surface area contributed by atoms with Gasteiger partial charge < -0.3 is 14.9 Å². The van der Waals surface area contributed by atoms with Crippen LogP contribution in [0.3, 0.4) is 0 Å². The molecule has 0 spiro atoms. The molecule has 0 amide bonds. The first-order valence-corrected chi connectivity index (χ1v) is 9.33. The smallest absolute Gasteiger partial charge is 0.331 e. The highest BCUT2D eigenvalue weighted by atomic mass is 16.5. The maximum atomic E-state index is 11.8. The number of aryl methyl sites for hydroxylation is 1. The highest BCUT2D eigenvalue weighted by molar-refractivity contribution is 5.39. The van der Waals surface area contributed by atoms with Crippen LogP contribution in [0, 0.1) is 13.8 Å². The number of H-pyrrole nitrogens is 1. The predicted octanol–water partition coefficient (Wildman–Crippen LogP) is 3.26. The van der Waals surface area contributed by atoms with Crippen LogP contribution in [0.2, 0.25) is 0 Å². The zero-order chi connectivity index (χ0) is 22.3. The molecule has 0 aliphatic carbocycles. The van der Waals surface area contributed by atoms with Crippen molar-refractivity contribution in [2.24, 2.45) is 0 Å². The minimum Gasteiger partial charge on any atom is -0.508 e. The Hall–Kier alpha value is -3.74. The number of nitrogens with zero attached hydrogens (tertiary/aromatic N) is 1. The summed E-state index contributed by atoms with van der Waals surface area (Å²) in [5.74, 6) is 0.415. The molecule has 0 aliphatic rings. The number of hydrogen-bond donors (Lipinski definition) is 3. The van der Waals surface area contributed by atoms with E-state index >= 15 is 0 Å². The number of phenolic OH excluding ortho intramolecular Hbond substituents is 1. The van der Waals surface area contributed by atoms with Gasteiger partial charge in [0.25, 0.3) is 5.56 Å². The van der Waals surface area contributed by atoms with E-state index in [-0.39, 0.29) is 30.3 Å². The summed E-state index contributed by atoms with van der Waals surface area (Å²) in [5.41, 5.74) is 1.29. The zero-order valence-electron chi connectivity index (χ0n) is 17.3. The fourth-order valence-corrected chi connectivity index (χ4v) is 2.47. The summed E-state index contributed by atoms with van der Waals surface area (Å²) in [7, 11) is 0. The maximum absolute atomic E-state index is 11.8. The van der Waals surface area contributed by atoms with Gasteiger partial charge in [0.1, 0.15) is 18.1 Å². The number of hydrogen-bond acceptors (Lipinski definition) is 5. The fourth-order valence-electron chi connectivity index (χ4n) is 2.47. The Morgan fingerprint density at radius 1 is 1.23 bits per heavy atom.